The third-order valence-corrected chi connectivity index (χ3v) is 4.95. The molecule has 3 rings (SSSR count). The highest BCUT2D eigenvalue weighted by atomic mass is 79.9. The van der Waals surface area contributed by atoms with Gasteiger partial charge in [-0.15, -0.1) is 0 Å². The lowest BCUT2D eigenvalue weighted by molar-refractivity contribution is -0.115. The van der Waals surface area contributed by atoms with Gasteiger partial charge in [-0.1, -0.05) is 40.2 Å². The highest BCUT2D eigenvalue weighted by molar-refractivity contribution is 9.10. The van der Waals surface area contributed by atoms with Gasteiger partial charge in [0.1, 0.15) is 0 Å². The quantitative estimate of drug-likeness (QED) is 0.663. The second-order valence-electron chi connectivity index (χ2n) is 4.49. The van der Waals surface area contributed by atoms with Crippen molar-refractivity contribution in [1.82, 2.24) is 5.32 Å². The Kier molecular flexibility index (Phi) is 4.81. The molecule has 0 atom stereocenters. The number of halogens is 2. The Labute approximate surface area is 149 Å². The van der Waals surface area contributed by atoms with E-state index in [2.05, 4.69) is 42.2 Å². The summed E-state index contributed by atoms with van der Waals surface area (Å²) in [5.41, 5.74) is 1.75. The van der Waals surface area contributed by atoms with Crippen LogP contribution in [0.25, 0.3) is 6.08 Å². The zero-order valence-electron chi connectivity index (χ0n) is 11.2. The highest BCUT2D eigenvalue weighted by Gasteiger charge is 2.23. The van der Waals surface area contributed by atoms with Crippen LogP contribution in [-0.2, 0) is 4.79 Å². The van der Waals surface area contributed by atoms with E-state index in [1.54, 1.807) is 0 Å². The van der Waals surface area contributed by atoms with Gasteiger partial charge in [0.2, 0.25) is 0 Å². The molecule has 6 heteroatoms. The van der Waals surface area contributed by atoms with Gasteiger partial charge < -0.3 is 5.32 Å². The van der Waals surface area contributed by atoms with E-state index >= 15 is 0 Å². The largest absolute Gasteiger partial charge is 0.300 e. The lowest BCUT2D eigenvalue weighted by Crippen LogP contribution is -2.19. The minimum atomic E-state index is -0.129. The maximum atomic E-state index is 12.0. The van der Waals surface area contributed by atoms with Gasteiger partial charge in [-0.25, -0.2) is 4.99 Å². The predicted molar refractivity (Wildman–Crippen MR) is 99.1 cm³/mol. The first-order chi connectivity index (χ1) is 10.6. The fourth-order valence-corrected chi connectivity index (χ4v) is 3.51. The molecule has 1 saturated heterocycles. The lowest BCUT2D eigenvalue weighted by Gasteiger charge is -1.98. The van der Waals surface area contributed by atoms with Crippen LogP contribution >= 0.6 is 43.6 Å². The Morgan fingerprint density at radius 3 is 2.68 bits per heavy atom. The minimum absolute atomic E-state index is 0.129. The molecule has 0 spiro atoms. The Bertz CT molecular complexity index is 802. The number of carbonyl (C=O) groups excluding carboxylic acids is 1. The molecule has 0 radical (unpaired) electrons. The summed E-state index contributed by atoms with van der Waals surface area (Å²) in [4.78, 5) is 17.1. The van der Waals surface area contributed by atoms with Crippen LogP contribution in [0.1, 0.15) is 5.56 Å². The van der Waals surface area contributed by atoms with E-state index in [0.717, 1.165) is 20.2 Å². The molecule has 1 aliphatic heterocycles. The topological polar surface area (TPSA) is 41.5 Å². The molecule has 0 saturated carbocycles. The van der Waals surface area contributed by atoms with Crippen molar-refractivity contribution in [1.29, 1.82) is 0 Å². The Morgan fingerprint density at radius 2 is 1.91 bits per heavy atom. The summed E-state index contributed by atoms with van der Waals surface area (Å²) in [5, 5.41) is 3.37. The Balaban J connectivity index is 1.86. The maximum Gasteiger partial charge on any atom is 0.264 e. The normalized spacial score (nSPS) is 18.0. The monoisotopic (exact) mass is 436 g/mol. The molecule has 1 N–H and O–H groups in total. The minimum Gasteiger partial charge on any atom is -0.300 e. The molecule has 3 nitrogen and oxygen atoms in total. The number of nitrogens with zero attached hydrogens (tertiary/aromatic N) is 1. The summed E-state index contributed by atoms with van der Waals surface area (Å²) >= 11 is 8.21. The van der Waals surface area contributed by atoms with E-state index in [0.29, 0.717) is 10.1 Å². The van der Waals surface area contributed by atoms with E-state index in [9.17, 15) is 4.79 Å². The molecule has 0 bridgehead atoms. The summed E-state index contributed by atoms with van der Waals surface area (Å²) in [7, 11) is 0. The summed E-state index contributed by atoms with van der Waals surface area (Å²) in [6.45, 7) is 0. The van der Waals surface area contributed by atoms with Crippen molar-refractivity contribution in [2.75, 3.05) is 0 Å². The number of thioether (sulfide) groups is 1. The molecule has 0 aromatic heterocycles. The first kappa shape index (κ1) is 15.5. The maximum absolute atomic E-state index is 12.0. The van der Waals surface area contributed by atoms with Crippen LogP contribution in [0.2, 0.25) is 0 Å². The van der Waals surface area contributed by atoms with E-state index in [1.165, 1.54) is 11.8 Å². The van der Waals surface area contributed by atoms with Gasteiger partial charge in [0, 0.05) is 8.95 Å². The van der Waals surface area contributed by atoms with Crippen LogP contribution in [0.3, 0.4) is 0 Å². The Morgan fingerprint density at radius 1 is 1.09 bits per heavy atom. The number of nitrogens with one attached hydrogen (secondary N) is 1. The van der Waals surface area contributed by atoms with E-state index in [-0.39, 0.29) is 5.91 Å². The van der Waals surface area contributed by atoms with Gasteiger partial charge in [-0.05, 0) is 63.6 Å². The molecule has 110 valence electrons. The van der Waals surface area contributed by atoms with Crippen LogP contribution in [0, 0.1) is 0 Å². The van der Waals surface area contributed by atoms with Crippen molar-refractivity contribution >= 4 is 66.5 Å². The number of benzene rings is 2. The van der Waals surface area contributed by atoms with Crippen molar-refractivity contribution < 1.29 is 4.79 Å². The number of hydrogen-bond donors (Lipinski definition) is 1. The lowest BCUT2D eigenvalue weighted by atomic mass is 10.2. The number of amidine groups is 1. The van der Waals surface area contributed by atoms with Crippen LogP contribution in [0.4, 0.5) is 5.69 Å². The highest BCUT2D eigenvalue weighted by Crippen LogP contribution is 2.31. The third-order valence-electron chi connectivity index (χ3n) is 2.87. The van der Waals surface area contributed by atoms with Gasteiger partial charge in [-0.3, -0.25) is 4.79 Å². The number of rotatable bonds is 2. The molecule has 0 aliphatic carbocycles. The summed E-state index contributed by atoms with van der Waals surface area (Å²) in [6.07, 6.45) is 1.85. The van der Waals surface area contributed by atoms with Gasteiger partial charge in [0.05, 0.1) is 10.6 Å². The average Bonchev–Trinajstić information content (AvgIpc) is 2.81. The summed E-state index contributed by atoms with van der Waals surface area (Å²) < 4.78 is 1.87. The fraction of sp³-hybridized carbons (Fsp3) is 0. The van der Waals surface area contributed by atoms with E-state index in [1.807, 2.05) is 54.6 Å². The average molecular weight is 438 g/mol. The zero-order valence-corrected chi connectivity index (χ0v) is 15.2. The standard InChI is InChI=1S/C16H10Br2N2OS/c17-11-5-3-4-10(8-11)9-14-15(21)20-16(22-14)19-13-7-2-1-6-12(13)18/h1-9H,(H,19,20,21)/b14-9+. The molecule has 2 aromatic rings. The fourth-order valence-electron chi connectivity index (χ4n) is 1.88. The number of hydrogen-bond acceptors (Lipinski definition) is 3. The van der Waals surface area contributed by atoms with Crippen molar-refractivity contribution in [3.8, 4) is 0 Å². The van der Waals surface area contributed by atoms with Gasteiger partial charge in [0.25, 0.3) is 5.91 Å². The van der Waals surface area contributed by atoms with Gasteiger partial charge in [0.15, 0.2) is 5.17 Å². The van der Waals surface area contributed by atoms with Gasteiger partial charge in [-0.2, -0.15) is 0 Å². The third kappa shape index (κ3) is 3.69. The van der Waals surface area contributed by atoms with E-state index in [4.69, 9.17) is 0 Å². The molecule has 22 heavy (non-hydrogen) atoms. The summed E-state index contributed by atoms with van der Waals surface area (Å²) in [5.74, 6) is -0.129. The number of para-hydroxylation sites is 1. The molecule has 1 aliphatic rings. The first-order valence-corrected chi connectivity index (χ1v) is 8.82. The van der Waals surface area contributed by atoms with Gasteiger partial charge >= 0.3 is 0 Å². The molecule has 1 fully saturated rings. The second-order valence-corrected chi connectivity index (χ2v) is 7.29. The zero-order chi connectivity index (χ0) is 15.5. The molecular weight excluding hydrogens is 428 g/mol. The molecule has 0 unspecified atom stereocenters. The number of amides is 1. The van der Waals surface area contributed by atoms with Crippen LogP contribution < -0.4 is 5.32 Å². The molecular formula is C16H10Br2N2OS. The summed E-state index contributed by atoms with van der Waals surface area (Å²) in [6, 6.07) is 15.4. The van der Waals surface area contributed by atoms with Crippen molar-refractivity contribution in [2.24, 2.45) is 4.99 Å². The van der Waals surface area contributed by atoms with Crippen LogP contribution in [0.5, 0.6) is 0 Å². The van der Waals surface area contributed by atoms with Crippen molar-refractivity contribution in [3.05, 3.63) is 67.9 Å². The smallest absolute Gasteiger partial charge is 0.264 e. The van der Waals surface area contributed by atoms with Crippen LogP contribution in [0.15, 0.2) is 67.4 Å². The first-order valence-electron chi connectivity index (χ1n) is 6.41. The predicted octanol–water partition coefficient (Wildman–Crippen LogP) is 5.10. The second kappa shape index (κ2) is 6.81. The van der Waals surface area contributed by atoms with Crippen molar-refractivity contribution in [3.63, 3.8) is 0 Å². The Hall–Kier alpha value is -1.37. The molecule has 2 aromatic carbocycles. The number of carbonyl (C=O) groups is 1. The van der Waals surface area contributed by atoms with E-state index < -0.39 is 0 Å². The van der Waals surface area contributed by atoms with Crippen molar-refractivity contribution in [2.45, 2.75) is 0 Å². The SMILES string of the molecule is O=C1NC(=Nc2ccccc2Br)S/C1=C/c1cccc(Br)c1. The molecule has 1 heterocycles. The molecule has 1 amide bonds. The van der Waals surface area contributed by atoms with Crippen LogP contribution in [-0.4, -0.2) is 11.1 Å². The number of aliphatic imine (C=N–C) groups is 1.